The van der Waals surface area contributed by atoms with E-state index >= 15 is 0 Å². The minimum absolute atomic E-state index is 0.170. The summed E-state index contributed by atoms with van der Waals surface area (Å²) >= 11 is 1.36. The minimum Gasteiger partial charge on any atom is -0.463 e. The summed E-state index contributed by atoms with van der Waals surface area (Å²) in [6.45, 7) is 13.1. The number of aromatic nitrogens is 2. The van der Waals surface area contributed by atoms with E-state index in [4.69, 9.17) is 9.73 Å². The summed E-state index contributed by atoms with van der Waals surface area (Å²) in [5.74, 6) is -0.0832. The van der Waals surface area contributed by atoms with Gasteiger partial charge in [0.15, 0.2) is 4.80 Å². The number of allylic oxidation sites excluding steroid dienone is 1. The van der Waals surface area contributed by atoms with Crippen LogP contribution in [0.15, 0.2) is 93.9 Å². The number of nitrogens with zero attached hydrogens (tertiary/aromatic N) is 3. The van der Waals surface area contributed by atoms with E-state index in [0.29, 0.717) is 26.5 Å². The fraction of sp³-hybridized carbons (Fsp3) is 0.270. The van der Waals surface area contributed by atoms with E-state index in [9.17, 15) is 9.59 Å². The maximum Gasteiger partial charge on any atom is 0.338 e. The highest BCUT2D eigenvalue weighted by Gasteiger charge is 2.33. The van der Waals surface area contributed by atoms with Crippen LogP contribution < -0.4 is 14.9 Å². The number of aryl methyl sites for hydroxylation is 1. The van der Waals surface area contributed by atoms with Gasteiger partial charge < -0.3 is 9.30 Å². The molecule has 1 unspecified atom stereocenters. The molecule has 6 nitrogen and oxygen atoms in total. The third-order valence-electron chi connectivity index (χ3n) is 8.41. The molecule has 0 N–H and O–H groups in total. The van der Waals surface area contributed by atoms with Gasteiger partial charge in [-0.25, -0.2) is 9.79 Å². The number of carbonyl (C=O) groups excluding carboxylic acids is 1. The molecule has 44 heavy (non-hydrogen) atoms. The molecule has 0 saturated carbocycles. The Bertz CT molecular complexity index is 2110. The molecule has 0 bridgehead atoms. The van der Waals surface area contributed by atoms with Gasteiger partial charge in [-0.05, 0) is 62.4 Å². The highest BCUT2D eigenvalue weighted by atomic mass is 32.1. The SMILES string of the molecule is CCOC(=O)C1=C(C)N=c2sc(=Cc3c(C)n(Cc4cccc(C)c4)c4ccccc34)c(=O)n2C1c1ccc(C(C)C)cc1. The Balaban J connectivity index is 1.53. The highest BCUT2D eigenvalue weighted by molar-refractivity contribution is 7.07. The normalized spacial score (nSPS) is 15.2. The predicted octanol–water partition coefficient (Wildman–Crippen LogP) is 6.54. The molecule has 3 aromatic carbocycles. The molecule has 0 radical (unpaired) electrons. The van der Waals surface area contributed by atoms with Crippen LogP contribution in [0, 0.1) is 13.8 Å². The fourth-order valence-corrected chi connectivity index (χ4v) is 7.17. The molecule has 1 aliphatic heterocycles. The number of thiazole rings is 1. The van der Waals surface area contributed by atoms with E-state index in [0.717, 1.165) is 34.3 Å². The van der Waals surface area contributed by atoms with Crippen LogP contribution in [0.1, 0.15) is 73.2 Å². The fourth-order valence-electron chi connectivity index (χ4n) is 6.14. The number of ether oxygens (including phenoxy) is 1. The van der Waals surface area contributed by atoms with Crippen molar-refractivity contribution in [2.75, 3.05) is 6.61 Å². The number of carbonyl (C=O) groups is 1. The van der Waals surface area contributed by atoms with Gasteiger partial charge in [0.05, 0.1) is 28.5 Å². The first-order valence-electron chi connectivity index (χ1n) is 15.1. The number of esters is 1. The summed E-state index contributed by atoms with van der Waals surface area (Å²) in [6, 6.07) is 24.4. The summed E-state index contributed by atoms with van der Waals surface area (Å²) in [4.78, 5) is 32.9. The third-order valence-corrected chi connectivity index (χ3v) is 9.40. The second kappa shape index (κ2) is 11.9. The summed E-state index contributed by atoms with van der Waals surface area (Å²) in [7, 11) is 0. The van der Waals surface area contributed by atoms with Gasteiger partial charge in [0, 0.05) is 28.7 Å². The lowest BCUT2D eigenvalue weighted by Gasteiger charge is -2.25. The average molecular weight is 604 g/mol. The lowest BCUT2D eigenvalue weighted by Crippen LogP contribution is -2.40. The van der Waals surface area contributed by atoms with Crippen LogP contribution in [0.3, 0.4) is 0 Å². The molecule has 5 aromatic rings. The molecule has 0 aliphatic carbocycles. The second-order valence-electron chi connectivity index (χ2n) is 11.7. The Morgan fingerprint density at radius 2 is 1.77 bits per heavy atom. The van der Waals surface area contributed by atoms with Gasteiger partial charge in [0.2, 0.25) is 0 Å². The standard InChI is InChI=1S/C37H37N3O3S/c1-7-43-36(42)33-24(5)38-37-40(34(33)28-17-15-27(16-18-28)22(2)3)35(41)32(44-37)20-30-25(6)39(31-14-9-8-13-29(30)31)21-26-12-10-11-23(4)19-26/h8-20,22,34H,7,21H2,1-6H3. The highest BCUT2D eigenvalue weighted by Crippen LogP contribution is 2.32. The van der Waals surface area contributed by atoms with E-state index in [2.05, 4.69) is 86.9 Å². The first-order chi connectivity index (χ1) is 21.2. The number of fused-ring (bicyclic) bond motifs is 2. The molecule has 3 heterocycles. The smallest absolute Gasteiger partial charge is 0.338 e. The van der Waals surface area contributed by atoms with Gasteiger partial charge >= 0.3 is 5.97 Å². The molecule has 224 valence electrons. The first-order valence-corrected chi connectivity index (χ1v) is 15.9. The first kappa shape index (κ1) is 29.6. The van der Waals surface area contributed by atoms with E-state index < -0.39 is 12.0 Å². The Morgan fingerprint density at radius 3 is 2.48 bits per heavy atom. The van der Waals surface area contributed by atoms with Crippen molar-refractivity contribution in [1.82, 2.24) is 9.13 Å². The van der Waals surface area contributed by atoms with Crippen LogP contribution in [-0.4, -0.2) is 21.7 Å². The van der Waals surface area contributed by atoms with Crippen LogP contribution >= 0.6 is 11.3 Å². The van der Waals surface area contributed by atoms with Gasteiger partial charge in [-0.2, -0.15) is 0 Å². The zero-order valence-electron chi connectivity index (χ0n) is 26.0. The molecule has 2 aromatic heterocycles. The van der Waals surface area contributed by atoms with Crippen LogP contribution in [0.5, 0.6) is 0 Å². The van der Waals surface area contributed by atoms with Crippen molar-refractivity contribution in [2.24, 2.45) is 4.99 Å². The molecule has 6 rings (SSSR count). The van der Waals surface area contributed by atoms with E-state index in [1.807, 2.05) is 31.2 Å². The van der Waals surface area contributed by atoms with Crippen molar-refractivity contribution < 1.29 is 9.53 Å². The maximum atomic E-state index is 14.3. The van der Waals surface area contributed by atoms with Crippen molar-refractivity contribution in [3.8, 4) is 0 Å². The largest absolute Gasteiger partial charge is 0.463 e. The monoisotopic (exact) mass is 603 g/mol. The number of benzene rings is 3. The number of para-hydroxylation sites is 1. The Kier molecular flexibility index (Phi) is 7.99. The molecule has 0 fully saturated rings. The van der Waals surface area contributed by atoms with Gasteiger partial charge in [0.25, 0.3) is 5.56 Å². The lowest BCUT2D eigenvalue weighted by atomic mass is 9.93. The van der Waals surface area contributed by atoms with Crippen LogP contribution in [0.2, 0.25) is 0 Å². The van der Waals surface area contributed by atoms with Crippen LogP contribution in [0.25, 0.3) is 17.0 Å². The van der Waals surface area contributed by atoms with E-state index in [-0.39, 0.29) is 12.2 Å². The molecular weight excluding hydrogens is 566 g/mol. The van der Waals surface area contributed by atoms with Crippen molar-refractivity contribution in [2.45, 2.75) is 60.0 Å². The average Bonchev–Trinajstić information content (AvgIpc) is 3.45. The predicted molar refractivity (Wildman–Crippen MR) is 178 cm³/mol. The van der Waals surface area contributed by atoms with Crippen molar-refractivity contribution in [3.05, 3.63) is 137 Å². The Hall–Kier alpha value is -4.49. The van der Waals surface area contributed by atoms with Gasteiger partial charge in [-0.1, -0.05) is 97.5 Å². The van der Waals surface area contributed by atoms with Crippen LogP contribution in [0.4, 0.5) is 0 Å². The second-order valence-corrected chi connectivity index (χ2v) is 12.7. The van der Waals surface area contributed by atoms with E-state index in [1.165, 1.54) is 28.0 Å². The zero-order valence-corrected chi connectivity index (χ0v) is 26.9. The number of rotatable bonds is 7. The Labute approximate surface area is 261 Å². The summed E-state index contributed by atoms with van der Waals surface area (Å²) in [5, 5.41) is 1.09. The van der Waals surface area contributed by atoms with Gasteiger partial charge in [0.1, 0.15) is 0 Å². The maximum absolute atomic E-state index is 14.3. The molecule has 0 saturated heterocycles. The molecular formula is C37H37N3O3S. The molecule has 0 spiro atoms. The molecule has 1 atom stereocenters. The number of hydrogen-bond donors (Lipinski definition) is 0. The van der Waals surface area contributed by atoms with Crippen molar-refractivity contribution in [1.29, 1.82) is 0 Å². The summed E-state index contributed by atoms with van der Waals surface area (Å²) in [5.41, 5.74) is 8.51. The van der Waals surface area contributed by atoms with E-state index in [1.54, 1.807) is 11.5 Å². The van der Waals surface area contributed by atoms with Crippen LogP contribution in [-0.2, 0) is 16.1 Å². The molecule has 1 aliphatic rings. The van der Waals surface area contributed by atoms with Crippen molar-refractivity contribution >= 4 is 34.3 Å². The zero-order chi connectivity index (χ0) is 31.1. The van der Waals surface area contributed by atoms with Crippen molar-refractivity contribution in [3.63, 3.8) is 0 Å². The third kappa shape index (κ3) is 5.26. The molecule has 0 amide bonds. The Morgan fingerprint density at radius 1 is 1.02 bits per heavy atom. The van der Waals surface area contributed by atoms with Gasteiger partial charge in [-0.3, -0.25) is 9.36 Å². The summed E-state index contributed by atoms with van der Waals surface area (Å²) in [6.07, 6.45) is 2.00. The number of hydrogen-bond acceptors (Lipinski definition) is 5. The lowest BCUT2D eigenvalue weighted by molar-refractivity contribution is -0.139. The topological polar surface area (TPSA) is 65.6 Å². The molecule has 7 heteroatoms. The quantitative estimate of drug-likeness (QED) is 0.199. The minimum atomic E-state index is -0.627. The summed E-state index contributed by atoms with van der Waals surface area (Å²) < 4.78 is 10.0. The van der Waals surface area contributed by atoms with Gasteiger partial charge in [-0.15, -0.1) is 0 Å².